The largest absolute Gasteiger partial charge is 0.471 e. The Balaban J connectivity index is 1.79. The summed E-state index contributed by atoms with van der Waals surface area (Å²) in [4.78, 5) is 56.8. The summed E-state index contributed by atoms with van der Waals surface area (Å²) >= 11 is 0. The molecule has 21 heteroatoms. The topological polar surface area (TPSA) is 249 Å². The van der Waals surface area contributed by atoms with Crippen molar-refractivity contribution in [1.29, 1.82) is 5.41 Å². The lowest BCUT2D eigenvalue weighted by molar-refractivity contribution is -0.175. The van der Waals surface area contributed by atoms with E-state index in [0.29, 0.717) is 0 Å². The summed E-state index contributed by atoms with van der Waals surface area (Å²) in [6, 6.07) is 9.85. The summed E-state index contributed by atoms with van der Waals surface area (Å²) in [6.07, 6.45) is -2.87. The predicted molar refractivity (Wildman–Crippen MR) is 179 cm³/mol. The number of esters is 3. The number of nitrogens with zero attached hydrogens (tertiary/aromatic N) is 3. The number of hydrogen-bond acceptors (Lipinski definition) is 14. The van der Waals surface area contributed by atoms with Gasteiger partial charge in [0, 0.05) is 0 Å². The van der Waals surface area contributed by atoms with Gasteiger partial charge < -0.3 is 33.3 Å². The molecule has 6 atom stereocenters. The van der Waals surface area contributed by atoms with E-state index in [1.54, 1.807) is 45.9 Å². The summed E-state index contributed by atoms with van der Waals surface area (Å²) in [5, 5.41) is 15.5. The van der Waals surface area contributed by atoms with Gasteiger partial charge in [0.05, 0.1) is 31.2 Å². The predicted octanol–water partition coefficient (Wildman–Crippen LogP) is 3.00. The number of aromatic nitrogens is 3. The molecular weight excluding hydrogens is 728 g/mol. The molecule has 0 amide bonds. The van der Waals surface area contributed by atoms with E-state index in [1.165, 1.54) is 42.6 Å². The number of phosphoric ester groups is 1. The van der Waals surface area contributed by atoms with E-state index in [4.69, 9.17) is 43.2 Å². The molecule has 19 nitrogen and oxygen atoms in total. The average molecular weight is 772 g/mol. The number of methoxy groups -OCH3 is 1. The highest BCUT2D eigenvalue weighted by Crippen LogP contribution is 2.50. The van der Waals surface area contributed by atoms with E-state index in [9.17, 15) is 23.5 Å². The molecule has 4 rings (SSSR count). The van der Waals surface area contributed by atoms with Crippen molar-refractivity contribution in [2.45, 2.75) is 78.2 Å². The number of hydrogen-bond donors (Lipinski definition) is 4. The second-order valence-electron chi connectivity index (χ2n) is 12.7. The van der Waals surface area contributed by atoms with Gasteiger partial charge in [-0.15, -0.1) is 0 Å². The zero-order valence-corrected chi connectivity index (χ0v) is 31.3. The summed E-state index contributed by atoms with van der Waals surface area (Å²) in [7, 11) is -8.15. The fraction of sp³-hybridized carbons (Fsp3) is 0.516. The number of ether oxygens (including phenoxy) is 4. The number of benzene rings is 1. The van der Waals surface area contributed by atoms with Crippen molar-refractivity contribution in [3.05, 3.63) is 60.0 Å². The van der Waals surface area contributed by atoms with Crippen molar-refractivity contribution >= 4 is 39.0 Å². The molecule has 0 spiro atoms. The average Bonchev–Trinajstić information content (AvgIpc) is 3.62. The molecule has 1 saturated heterocycles. The van der Waals surface area contributed by atoms with Crippen LogP contribution in [0.15, 0.2) is 48.8 Å². The maximum Gasteiger partial charge on any atom is 0.471 e. The summed E-state index contributed by atoms with van der Waals surface area (Å²) in [5.41, 5.74) is -1.60. The van der Waals surface area contributed by atoms with Crippen LogP contribution < -0.4 is 15.1 Å². The monoisotopic (exact) mass is 771 g/mol. The van der Waals surface area contributed by atoms with Gasteiger partial charge in [-0.1, -0.05) is 45.9 Å². The lowest BCUT2D eigenvalue weighted by Gasteiger charge is -2.33. The molecule has 0 bridgehead atoms. The van der Waals surface area contributed by atoms with E-state index in [2.05, 4.69) is 14.7 Å². The van der Waals surface area contributed by atoms with E-state index in [0.717, 1.165) is 18.0 Å². The lowest BCUT2D eigenvalue weighted by Crippen LogP contribution is -2.49. The van der Waals surface area contributed by atoms with Crippen molar-refractivity contribution in [3.63, 3.8) is 0 Å². The standard InChI is InChI=1S/C31H43N5O14P2/c1-18(2)28(37)47-25-24(22-13-14-23-27(32)35(16-33-36(22)23)17-46-52(41,42)43)49-31(6,26(25)48-29(38)19(3)4)15-45-51(40,34-20(5)30(39)44-7)50-21-11-9-8-10-12-21/h8-14,16,18-20,24-26,32H,15,17H2,1-7H3,(H,34,40)(H2,41,42,43)/t20-,24-,25-,26-,31+,51-/m0/s1. The van der Waals surface area contributed by atoms with Gasteiger partial charge in [0.15, 0.2) is 17.7 Å². The van der Waals surface area contributed by atoms with Crippen molar-refractivity contribution in [2.75, 3.05) is 13.7 Å². The Kier molecular flexibility index (Phi) is 12.9. The summed E-state index contributed by atoms with van der Waals surface area (Å²) in [6.45, 7) is 8.00. The first-order chi connectivity index (χ1) is 24.3. The number of rotatable bonds is 16. The van der Waals surface area contributed by atoms with Crippen molar-refractivity contribution in [2.24, 2.45) is 11.8 Å². The van der Waals surface area contributed by atoms with Gasteiger partial charge in [0.1, 0.15) is 42.1 Å². The first kappa shape index (κ1) is 40.8. The number of carbonyl (C=O) groups excluding carboxylic acids is 3. The molecule has 1 fully saturated rings. The third-order valence-electron chi connectivity index (χ3n) is 7.81. The van der Waals surface area contributed by atoms with Gasteiger partial charge in [0.2, 0.25) is 0 Å². The second kappa shape index (κ2) is 16.4. The van der Waals surface area contributed by atoms with Crippen LogP contribution in [0.4, 0.5) is 0 Å². The Morgan fingerprint density at radius 2 is 1.62 bits per heavy atom. The Morgan fingerprint density at radius 1 is 0.981 bits per heavy atom. The maximum atomic E-state index is 14.3. The molecule has 0 radical (unpaired) electrons. The minimum Gasteiger partial charge on any atom is -0.468 e. The Morgan fingerprint density at radius 3 is 2.21 bits per heavy atom. The highest BCUT2D eigenvalue weighted by molar-refractivity contribution is 7.52. The molecule has 4 N–H and O–H groups in total. The minimum absolute atomic E-state index is 0.137. The fourth-order valence-electron chi connectivity index (χ4n) is 5.03. The number of fused-ring (bicyclic) bond motifs is 1. The first-order valence-electron chi connectivity index (χ1n) is 16.0. The van der Waals surface area contributed by atoms with Crippen LogP contribution in [-0.2, 0) is 58.2 Å². The van der Waals surface area contributed by atoms with Crippen LogP contribution in [0.1, 0.15) is 53.3 Å². The van der Waals surface area contributed by atoms with Crippen molar-refractivity contribution in [1.82, 2.24) is 19.3 Å². The number of carbonyl (C=O) groups is 3. The van der Waals surface area contributed by atoms with Crippen LogP contribution in [0.25, 0.3) is 5.52 Å². The quantitative estimate of drug-likeness (QED) is 0.0928. The Hall–Kier alpha value is -3.93. The highest BCUT2D eigenvalue weighted by atomic mass is 31.2. The molecule has 1 aliphatic rings. The van der Waals surface area contributed by atoms with Crippen molar-refractivity contribution < 1.29 is 65.8 Å². The van der Waals surface area contributed by atoms with Gasteiger partial charge in [-0.2, -0.15) is 10.2 Å². The third-order valence-corrected chi connectivity index (χ3v) is 9.88. The molecule has 2 aromatic heterocycles. The van der Waals surface area contributed by atoms with E-state index in [-0.39, 0.29) is 22.4 Å². The highest BCUT2D eigenvalue weighted by Gasteiger charge is 2.59. The smallest absolute Gasteiger partial charge is 0.468 e. The fourth-order valence-corrected chi connectivity index (χ4v) is 6.89. The van der Waals surface area contributed by atoms with Gasteiger partial charge in [-0.3, -0.25) is 33.4 Å². The number of phosphoric acid groups is 1. The Bertz CT molecular complexity index is 1910. The van der Waals surface area contributed by atoms with Crippen LogP contribution >= 0.6 is 15.6 Å². The molecule has 1 aliphatic heterocycles. The van der Waals surface area contributed by atoms with Crippen LogP contribution in [-0.4, -0.2) is 79.4 Å². The number of nitrogens with one attached hydrogen (secondary N) is 2. The van der Waals surface area contributed by atoms with E-state index < -0.39 is 88.6 Å². The van der Waals surface area contributed by atoms with E-state index >= 15 is 0 Å². The van der Waals surface area contributed by atoms with Gasteiger partial charge in [-0.05, 0) is 38.1 Å². The summed E-state index contributed by atoms with van der Waals surface area (Å²) < 4.78 is 67.2. The number of para-hydroxylation sites is 1. The molecule has 3 aromatic rings. The summed E-state index contributed by atoms with van der Waals surface area (Å²) in [5.74, 6) is -3.22. The second-order valence-corrected chi connectivity index (χ2v) is 15.7. The zero-order valence-electron chi connectivity index (χ0n) is 29.5. The van der Waals surface area contributed by atoms with Crippen LogP contribution in [0.5, 0.6) is 5.75 Å². The lowest BCUT2D eigenvalue weighted by atomic mass is 9.95. The third kappa shape index (κ3) is 9.73. The molecule has 52 heavy (non-hydrogen) atoms. The zero-order chi connectivity index (χ0) is 38.6. The van der Waals surface area contributed by atoms with Crippen LogP contribution in [0.3, 0.4) is 0 Å². The maximum absolute atomic E-state index is 14.3. The minimum atomic E-state index is -4.86. The Labute approximate surface area is 298 Å². The first-order valence-corrected chi connectivity index (χ1v) is 19.1. The van der Waals surface area contributed by atoms with Gasteiger partial charge in [-0.25, -0.2) is 13.6 Å². The molecular formula is C31H43N5O14P2. The normalized spacial score (nSPS) is 22.2. The molecule has 0 aliphatic carbocycles. The molecule has 286 valence electrons. The molecule has 0 saturated carbocycles. The van der Waals surface area contributed by atoms with Gasteiger partial charge in [0.25, 0.3) is 0 Å². The van der Waals surface area contributed by atoms with Crippen molar-refractivity contribution in [3.8, 4) is 5.75 Å². The van der Waals surface area contributed by atoms with Crippen LogP contribution in [0.2, 0.25) is 0 Å². The van der Waals surface area contributed by atoms with Crippen LogP contribution in [0, 0.1) is 17.2 Å². The van der Waals surface area contributed by atoms with E-state index in [1.807, 2.05) is 0 Å². The molecule has 0 unspecified atom stereocenters. The molecule has 1 aromatic carbocycles. The van der Waals surface area contributed by atoms with Gasteiger partial charge >= 0.3 is 33.5 Å². The SMILES string of the molecule is COC(=O)[C@H](C)N[P@](=O)(OC[C@@]1(C)O[C@@H](c2ccc3c(=N)n(COP(=O)(O)O)cnn23)[C@H](OC(=O)C(C)C)[C@@H]1OC(=O)C(C)C)Oc1ccccc1. The molecule has 3 heterocycles.